The van der Waals surface area contributed by atoms with Crippen molar-refractivity contribution in [3.8, 4) is 0 Å². The molecule has 0 bridgehead atoms. The van der Waals surface area contributed by atoms with Gasteiger partial charge in [-0.2, -0.15) is 0 Å². The van der Waals surface area contributed by atoms with Crippen molar-refractivity contribution >= 4 is 21.9 Å². The van der Waals surface area contributed by atoms with Crippen molar-refractivity contribution in [3.63, 3.8) is 0 Å². The molecule has 1 aromatic heterocycles. The third-order valence-corrected chi connectivity index (χ3v) is 3.37. The van der Waals surface area contributed by atoms with Crippen LogP contribution in [0.2, 0.25) is 0 Å². The second-order valence-electron chi connectivity index (χ2n) is 4.50. The van der Waals surface area contributed by atoms with Crippen molar-refractivity contribution in [2.75, 3.05) is 6.54 Å². The third kappa shape index (κ3) is 5.55. The van der Waals surface area contributed by atoms with Gasteiger partial charge in [-0.1, -0.05) is 34.1 Å². The van der Waals surface area contributed by atoms with Crippen LogP contribution in [0.5, 0.6) is 0 Å². The number of hydrogen-bond donors (Lipinski definition) is 2. The highest BCUT2D eigenvalue weighted by molar-refractivity contribution is 9.10. The van der Waals surface area contributed by atoms with Crippen LogP contribution in [0, 0.1) is 0 Å². The summed E-state index contributed by atoms with van der Waals surface area (Å²) in [4.78, 5) is 8.87. The Balaban J connectivity index is 1.94. The molecule has 2 rings (SSSR count). The smallest absolute Gasteiger partial charge is 0.191 e. The van der Waals surface area contributed by atoms with Crippen LogP contribution in [-0.4, -0.2) is 17.5 Å². The van der Waals surface area contributed by atoms with Gasteiger partial charge in [0, 0.05) is 17.2 Å². The molecule has 0 saturated carbocycles. The van der Waals surface area contributed by atoms with Crippen LogP contribution in [0.4, 0.5) is 0 Å². The van der Waals surface area contributed by atoms with Crippen LogP contribution < -0.4 is 10.6 Å². The first-order valence-corrected chi connectivity index (χ1v) is 7.73. The Bertz CT molecular complexity index is 567. The van der Waals surface area contributed by atoms with Crippen molar-refractivity contribution in [1.82, 2.24) is 15.6 Å². The van der Waals surface area contributed by atoms with Gasteiger partial charge in [0.15, 0.2) is 5.96 Å². The minimum absolute atomic E-state index is 0.644. The fourth-order valence-electron chi connectivity index (χ4n) is 1.78. The lowest BCUT2D eigenvalue weighted by Crippen LogP contribution is -2.36. The fourth-order valence-corrected chi connectivity index (χ4v) is 2.04. The predicted octanol–water partition coefficient (Wildman–Crippen LogP) is 3.10. The van der Waals surface area contributed by atoms with E-state index in [0.29, 0.717) is 13.1 Å². The van der Waals surface area contributed by atoms with E-state index in [0.717, 1.165) is 22.7 Å². The summed E-state index contributed by atoms with van der Waals surface area (Å²) in [5.41, 5.74) is 2.17. The quantitative estimate of drug-likeness (QED) is 0.646. The normalized spacial score (nSPS) is 11.2. The van der Waals surface area contributed by atoms with Gasteiger partial charge in [0.1, 0.15) is 0 Å². The summed E-state index contributed by atoms with van der Waals surface area (Å²) in [5, 5.41) is 6.52. The molecule has 2 N–H and O–H groups in total. The highest BCUT2D eigenvalue weighted by Crippen LogP contribution is 2.11. The van der Waals surface area contributed by atoms with Gasteiger partial charge in [-0.05, 0) is 36.8 Å². The van der Waals surface area contributed by atoms with Crippen LogP contribution in [0.1, 0.15) is 18.2 Å². The highest BCUT2D eigenvalue weighted by Gasteiger charge is 1.99. The molecule has 1 aromatic carbocycles. The Morgan fingerprint density at radius 3 is 2.62 bits per heavy atom. The zero-order valence-corrected chi connectivity index (χ0v) is 13.6. The van der Waals surface area contributed by atoms with Crippen molar-refractivity contribution in [1.29, 1.82) is 0 Å². The molecule has 0 unspecified atom stereocenters. The van der Waals surface area contributed by atoms with Gasteiger partial charge < -0.3 is 10.6 Å². The SMILES string of the molecule is CCNC(=NCc1ccc(Br)cc1)NCc1ccccn1. The number of halogens is 1. The number of nitrogens with one attached hydrogen (secondary N) is 2. The van der Waals surface area contributed by atoms with Crippen LogP contribution in [0.25, 0.3) is 0 Å². The van der Waals surface area contributed by atoms with Gasteiger partial charge in [-0.15, -0.1) is 0 Å². The molecule has 21 heavy (non-hydrogen) atoms. The average molecular weight is 347 g/mol. The Morgan fingerprint density at radius 2 is 1.95 bits per heavy atom. The number of aromatic nitrogens is 1. The minimum Gasteiger partial charge on any atom is -0.357 e. The van der Waals surface area contributed by atoms with Crippen LogP contribution in [-0.2, 0) is 13.1 Å². The largest absolute Gasteiger partial charge is 0.357 e. The Labute approximate surface area is 133 Å². The van der Waals surface area contributed by atoms with E-state index >= 15 is 0 Å². The maximum absolute atomic E-state index is 4.58. The average Bonchev–Trinajstić information content (AvgIpc) is 2.52. The lowest BCUT2D eigenvalue weighted by atomic mass is 10.2. The first-order valence-electron chi connectivity index (χ1n) is 6.94. The predicted molar refractivity (Wildman–Crippen MR) is 90.0 cm³/mol. The second-order valence-corrected chi connectivity index (χ2v) is 5.41. The van der Waals surface area contributed by atoms with E-state index in [4.69, 9.17) is 0 Å². The maximum Gasteiger partial charge on any atom is 0.191 e. The number of aliphatic imine (C=N–C) groups is 1. The molecule has 0 radical (unpaired) electrons. The molecule has 0 atom stereocenters. The van der Waals surface area contributed by atoms with Gasteiger partial charge in [0.25, 0.3) is 0 Å². The summed E-state index contributed by atoms with van der Waals surface area (Å²) in [5.74, 6) is 0.797. The van der Waals surface area contributed by atoms with Crippen LogP contribution in [0.15, 0.2) is 58.1 Å². The molecule has 5 heteroatoms. The van der Waals surface area contributed by atoms with Gasteiger partial charge in [-0.25, -0.2) is 4.99 Å². The summed E-state index contributed by atoms with van der Waals surface area (Å²) in [7, 11) is 0. The molecule has 0 aliphatic carbocycles. The van der Waals surface area contributed by atoms with Crippen molar-refractivity contribution in [3.05, 3.63) is 64.4 Å². The number of benzene rings is 1. The van der Waals surface area contributed by atoms with Crippen molar-refractivity contribution in [2.24, 2.45) is 4.99 Å². The van der Waals surface area contributed by atoms with Crippen LogP contribution >= 0.6 is 15.9 Å². The van der Waals surface area contributed by atoms with Crippen LogP contribution in [0.3, 0.4) is 0 Å². The molecule has 0 fully saturated rings. The van der Waals surface area contributed by atoms with E-state index in [1.54, 1.807) is 6.20 Å². The van der Waals surface area contributed by atoms with Crippen molar-refractivity contribution in [2.45, 2.75) is 20.0 Å². The maximum atomic E-state index is 4.58. The molecular formula is C16H19BrN4. The number of hydrogen-bond acceptors (Lipinski definition) is 2. The topological polar surface area (TPSA) is 49.3 Å². The molecule has 110 valence electrons. The van der Waals surface area contributed by atoms with E-state index in [-0.39, 0.29) is 0 Å². The molecule has 0 spiro atoms. The lowest BCUT2D eigenvalue weighted by Gasteiger charge is -2.11. The number of guanidine groups is 1. The Hall–Kier alpha value is -1.88. The number of rotatable bonds is 5. The number of pyridine rings is 1. The Morgan fingerprint density at radius 1 is 1.14 bits per heavy atom. The molecule has 0 amide bonds. The highest BCUT2D eigenvalue weighted by atomic mass is 79.9. The van der Waals surface area contributed by atoms with Gasteiger partial charge in [-0.3, -0.25) is 4.98 Å². The van der Waals surface area contributed by atoms with Gasteiger partial charge in [0.05, 0.1) is 18.8 Å². The molecule has 4 nitrogen and oxygen atoms in total. The molecule has 0 aliphatic rings. The Kier molecular flexibility index (Phi) is 6.22. The van der Waals surface area contributed by atoms with E-state index in [9.17, 15) is 0 Å². The van der Waals surface area contributed by atoms with E-state index in [1.165, 1.54) is 5.56 Å². The minimum atomic E-state index is 0.644. The molecule has 0 aliphatic heterocycles. The lowest BCUT2D eigenvalue weighted by molar-refractivity contribution is 0.799. The zero-order chi connectivity index (χ0) is 14.9. The summed E-state index contributed by atoms with van der Waals surface area (Å²) in [6, 6.07) is 14.1. The summed E-state index contributed by atoms with van der Waals surface area (Å²) >= 11 is 3.43. The third-order valence-electron chi connectivity index (χ3n) is 2.84. The fraction of sp³-hybridized carbons (Fsp3) is 0.250. The second kappa shape index (κ2) is 8.42. The van der Waals surface area contributed by atoms with E-state index in [2.05, 4.69) is 55.6 Å². The summed E-state index contributed by atoms with van der Waals surface area (Å²) in [6.45, 7) is 4.18. The monoisotopic (exact) mass is 346 g/mol. The van der Waals surface area contributed by atoms with Crippen molar-refractivity contribution < 1.29 is 0 Å². The molecule has 2 aromatic rings. The summed E-state index contributed by atoms with van der Waals surface area (Å²) in [6.07, 6.45) is 1.79. The van der Waals surface area contributed by atoms with E-state index < -0.39 is 0 Å². The first kappa shape index (κ1) is 15.5. The molecular weight excluding hydrogens is 328 g/mol. The zero-order valence-electron chi connectivity index (χ0n) is 12.0. The number of nitrogens with zero attached hydrogens (tertiary/aromatic N) is 2. The first-order chi connectivity index (χ1) is 10.3. The molecule has 0 saturated heterocycles. The standard InChI is InChI=1S/C16H19BrN4/c1-2-18-16(21-12-15-5-3-4-10-19-15)20-11-13-6-8-14(17)9-7-13/h3-10H,2,11-12H2,1H3,(H2,18,20,21). The van der Waals surface area contributed by atoms with Gasteiger partial charge in [0.2, 0.25) is 0 Å². The summed E-state index contributed by atoms with van der Waals surface area (Å²) < 4.78 is 1.08. The van der Waals surface area contributed by atoms with E-state index in [1.807, 2.05) is 30.3 Å². The molecule has 1 heterocycles. The van der Waals surface area contributed by atoms with Gasteiger partial charge >= 0.3 is 0 Å².